The molecule has 3 N–H and O–H groups in total. The van der Waals surface area contributed by atoms with Gasteiger partial charge in [-0.3, -0.25) is 4.98 Å². The van der Waals surface area contributed by atoms with Crippen molar-refractivity contribution in [1.82, 2.24) is 10.3 Å². The third-order valence-corrected chi connectivity index (χ3v) is 3.16. The largest absolute Gasteiger partial charge is 0.508 e. The lowest BCUT2D eigenvalue weighted by molar-refractivity contribution is 0.427. The standard InChI is InChI=1S/C15H18N2O2/c1-10(12-4-3-7-16-9-12)17-11(2)14-6-5-13(18)8-15(14)19/h3-11,17-19H,1-2H3/t10-,11?/m0/s1. The van der Waals surface area contributed by atoms with Gasteiger partial charge >= 0.3 is 0 Å². The van der Waals surface area contributed by atoms with Gasteiger partial charge < -0.3 is 15.5 Å². The zero-order valence-electron chi connectivity index (χ0n) is 11.0. The van der Waals surface area contributed by atoms with Crippen molar-refractivity contribution in [2.24, 2.45) is 0 Å². The smallest absolute Gasteiger partial charge is 0.124 e. The SMILES string of the molecule is CC(N[C@@H](C)c1cccnc1)c1ccc(O)cc1O. The highest BCUT2D eigenvalue weighted by atomic mass is 16.3. The van der Waals surface area contributed by atoms with E-state index in [0.29, 0.717) is 0 Å². The Bertz CT molecular complexity index is 543. The molecule has 100 valence electrons. The molecular formula is C15H18N2O2. The number of hydrogen-bond acceptors (Lipinski definition) is 4. The molecule has 2 aromatic rings. The monoisotopic (exact) mass is 258 g/mol. The summed E-state index contributed by atoms with van der Waals surface area (Å²) in [5.41, 5.74) is 1.85. The van der Waals surface area contributed by atoms with E-state index < -0.39 is 0 Å². The zero-order valence-corrected chi connectivity index (χ0v) is 11.0. The molecule has 0 spiro atoms. The van der Waals surface area contributed by atoms with Gasteiger partial charge in [-0.15, -0.1) is 0 Å². The average Bonchev–Trinajstić information content (AvgIpc) is 2.39. The van der Waals surface area contributed by atoms with Crippen LogP contribution in [0.25, 0.3) is 0 Å². The van der Waals surface area contributed by atoms with E-state index in [1.165, 1.54) is 6.07 Å². The van der Waals surface area contributed by atoms with Crippen molar-refractivity contribution in [2.75, 3.05) is 0 Å². The first-order chi connectivity index (χ1) is 9.08. The fraction of sp³-hybridized carbons (Fsp3) is 0.267. The number of aromatic hydroxyl groups is 2. The molecule has 19 heavy (non-hydrogen) atoms. The van der Waals surface area contributed by atoms with Crippen molar-refractivity contribution < 1.29 is 10.2 Å². The van der Waals surface area contributed by atoms with E-state index in [9.17, 15) is 10.2 Å². The van der Waals surface area contributed by atoms with E-state index in [1.54, 1.807) is 18.3 Å². The number of rotatable bonds is 4. The van der Waals surface area contributed by atoms with Crippen LogP contribution >= 0.6 is 0 Å². The van der Waals surface area contributed by atoms with Crippen molar-refractivity contribution in [2.45, 2.75) is 25.9 Å². The minimum Gasteiger partial charge on any atom is -0.508 e. The summed E-state index contributed by atoms with van der Waals surface area (Å²) in [7, 11) is 0. The van der Waals surface area contributed by atoms with E-state index in [0.717, 1.165) is 11.1 Å². The lowest BCUT2D eigenvalue weighted by Gasteiger charge is -2.21. The predicted molar refractivity (Wildman–Crippen MR) is 74.0 cm³/mol. The molecule has 1 aromatic carbocycles. The molecule has 4 nitrogen and oxygen atoms in total. The molecule has 0 saturated carbocycles. The summed E-state index contributed by atoms with van der Waals surface area (Å²) < 4.78 is 0. The third kappa shape index (κ3) is 3.23. The number of hydrogen-bond donors (Lipinski definition) is 3. The molecule has 0 saturated heterocycles. The number of pyridine rings is 1. The first kappa shape index (κ1) is 13.4. The Morgan fingerprint density at radius 3 is 2.53 bits per heavy atom. The van der Waals surface area contributed by atoms with Crippen molar-refractivity contribution >= 4 is 0 Å². The summed E-state index contributed by atoms with van der Waals surface area (Å²) in [5, 5.41) is 22.5. The fourth-order valence-corrected chi connectivity index (χ4v) is 2.09. The molecular weight excluding hydrogens is 240 g/mol. The number of phenolic OH excluding ortho intramolecular Hbond substituents is 2. The average molecular weight is 258 g/mol. The second kappa shape index (κ2) is 5.71. The summed E-state index contributed by atoms with van der Waals surface area (Å²) in [4.78, 5) is 4.09. The highest BCUT2D eigenvalue weighted by Crippen LogP contribution is 2.29. The number of nitrogens with one attached hydrogen (secondary N) is 1. The van der Waals surface area contributed by atoms with E-state index >= 15 is 0 Å². The molecule has 0 aliphatic rings. The molecule has 0 amide bonds. The van der Waals surface area contributed by atoms with Gasteiger partial charge in [0.1, 0.15) is 11.5 Å². The third-order valence-electron chi connectivity index (χ3n) is 3.16. The second-order valence-corrected chi connectivity index (χ2v) is 4.64. The van der Waals surface area contributed by atoms with Gasteiger partial charge in [-0.05, 0) is 31.5 Å². The summed E-state index contributed by atoms with van der Waals surface area (Å²) in [6.07, 6.45) is 3.56. The van der Waals surface area contributed by atoms with Crippen LogP contribution in [-0.2, 0) is 0 Å². The lowest BCUT2D eigenvalue weighted by Crippen LogP contribution is -2.22. The van der Waals surface area contributed by atoms with Crippen molar-refractivity contribution in [3.63, 3.8) is 0 Å². The number of phenols is 2. The Balaban J connectivity index is 2.10. The molecule has 0 aliphatic heterocycles. The number of aromatic nitrogens is 1. The van der Waals surface area contributed by atoms with Gasteiger partial charge in [0.2, 0.25) is 0 Å². The van der Waals surface area contributed by atoms with E-state index in [4.69, 9.17) is 0 Å². The Morgan fingerprint density at radius 1 is 1.11 bits per heavy atom. The van der Waals surface area contributed by atoms with Gasteiger partial charge in [0.25, 0.3) is 0 Å². The highest BCUT2D eigenvalue weighted by Gasteiger charge is 2.14. The second-order valence-electron chi connectivity index (χ2n) is 4.64. The zero-order chi connectivity index (χ0) is 13.8. The van der Waals surface area contributed by atoms with Crippen LogP contribution in [0.5, 0.6) is 11.5 Å². The molecule has 2 rings (SSSR count). The molecule has 1 unspecified atom stereocenters. The highest BCUT2D eigenvalue weighted by molar-refractivity contribution is 5.40. The Morgan fingerprint density at radius 2 is 1.89 bits per heavy atom. The van der Waals surface area contributed by atoms with Crippen LogP contribution in [0.1, 0.15) is 37.1 Å². The maximum absolute atomic E-state index is 9.83. The maximum atomic E-state index is 9.83. The first-order valence-electron chi connectivity index (χ1n) is 6.26. The lowest BCUT2D eigenvalue weighted by atomic mass is 10.0. The minimum absolute atomic E-state index is 0.0317. The quantitative estimate of drug-likeness (QED) is 0.789. The first-order valence-corrected chi connectivity index (χ1v) is 6.26. The van der Waals surface area contributed by atoms with Gasteiger partial charge in [-0.1, -0.05) is 12.1 Å². The van der Waals surface area contributed by atoms with Crippen molar-refractivity contribution in [3.05, 3.63) is 53.9 Å². The van der Waals surface area contributed by atoms with Gasteiger partial charge in [0.15, 0.2) is 0 Å². The Kier molecular flexibility index (Phi) is 4.02. The predicted octanol–water partition coefficient (Wildman–Crippen LogP) is 2.90. The minimum atomic E-state index is -0.0317. The summed E-state index contributed by atoms with van der Waals surface area (Å²) in [6, 6.07) is 8.64. The Labute approximate surface area is 112 Å². The van der Waals surface area contributed by atoms with Crippen LogP contribution < -0.4 is 5.32 Å². The van der Waals surface area contributed by atoms with E-state index in [2.05, 4.69) is 10.3 Å². The molecule has 0 fully saturated rings. The van der Waals surface area contributed by atoms with Crippen LogP contribution in [0, 0.1) is 0 Å². The fourth-order valence-electron chi connectivity index (χ4n) is 2.09. The summed E-state index contributed by atoms with van der Waals surface area (Å²) >= 11 is 0. The van der Waals surface area contributed by atoms with Gasteiger partial charge in [-0.2, -0.15) is 0 Å². The van der Waals surface area contributed by atoms with Crippen molar-refractivity contribution in [3.8, 4) is 11.5 Å². The maximum Gasteiger partial charge on any atom is 0.124 e. The topological polar surface area (TPSA) is 65.4 Å². The number of nitrogens with zero attached hydrogens (tertiary/aromatic N) is 1. The van der Waals surface area contributed by atoms with Gasteiger partial charge in [-0.25, -0.2) is 0 Å². The normalized spacial score (nSPS) is 14.0. The van der Waals surface area contributed by atoms with Gasteiger partial charge in [0, 0.05) is 36.1 Å². The van der Waals surface area contributed by atoms with Crippen LogP contribution in [0.4, 0.5) is 0 Å². The molecule has 0 aliphatic carbocycles. The van der Waals surface area contributed by atoms with Crippen LogP contribution in [0.3, 0.4) is 0 Å². The summed E-state index contributed by atoms with van der Waals surface area (Å²) in [6.45, 7) is 4.02. The molecule has 1 aromatic heterocycles. The van der Waals surface area contributed by atoms with E-state index in [1.807, 2.05) is 32.2 Å². The van der Waals surface area contributed by atoms with E-state index in [-0.39, 0.29) is 23.6 Å². The van der Waals surface area contributed by atoms with Gasteiger partial charge in [0.05, 0.1) is 0 Å². The molecule has 2 atom stereocenters. The Hall–Kier alpha value is -2.07. The van der Waals surface area contributed by atoms with Crippen LogP contribution in [-0.4, -0.2) is 15.2 Å². The van der Waals surface area contributed by atoms with Crippen LogP contribution in [0.2, 0.25) is 0 Å². The molecule has 0 radical (unpaired) electrons. The van der Waals surface area contributed by atoms with Crippen molar-refractivity contribution in [1.29, 1.82) is 0 Å². The summed E-state index contributed by atoms with van der Waals surface area (Å²) in [5.74, 6) is 0.159. The molecule has 4 heteroatoms. The molecule has 0 bridgehead atoms. The molecule has 1 heterocycles. The van der Waals surface area contributed by atoms with Crippen LogP contribution in [0.15, 0.2) is 42.7 Å². The number of benzene rings is 1.